The third kappa shape index (κ3) is 12.5. The third-order valence-electron chi connectivity index (χ3n) is 5.70. The number of aliphatic carboxylic acids is 1. The normalized spacial score (nSPS) is 14.8. The van der Waals surface area contributed by atoms with E-state index in [1.165, 1.54) is 31.2 Å². The molecule has 12 N–H and O–H groups in total. The highest BCUT2D eigenvalue weighted by atomic mass is 16.4. The number of hydrogen-bond acceptors (Lipinski definition) is 8. The molecule has 0 aliphatic rings. The number of nitrogens with zero attached hydrogens (tertiary/aromatic N) is 1. The maximum Gasteiger partial charge on any atom is 0.326 e. The van der Waals surface area contributed by atoms with E-state index in [0.717, 1.165) is 0 Å². The molecule has 0 fully saturated rings. The van der Waals surface area contributed by atoms with Crippen molar-refractivity contribution in [1.29, 1.82) is 0 Å². The zero-order valence-electron chi connectivity index (χ0n) is 22.5. The lowest BCUT2D eigenvalue weighted by Gasteiger charge is -2.27. The minimum Gasteiger partial charge on any atom is -0.508 e. The largest absolute Gasteiger partial charge is 0.508 e. The Labute approximate surface area is 227 Å². The van der Waals surface area contributed by atoms with Crippen molar-refractivity contribution in [1.82, 2.24) is 16.0 Å². The molecule has 14 nitrogen and oxygen atoms in total. The summed E-state index contributed by atoms with van der Waals surface area (Å²) in [5, 5.41) is 36.6. The summed E-state index contributed by atoms with van der Waals surface area (Å²) in [5.41, 5.74) is 17.0. The van der Waals surface area contributed by atoms with Gasteiger partial charge < -0.3 is 48.5 Å². The van der Waals surface area contributed by atoms with Gasteiger partial charge in [-0.1, -0.05) is 26.0 Å². The molecule has 1 aromatic rings. The van der Waals surface area contributed by atoms with Gasteiger partial charge in [-0.25, -0.2) is 4.79 Å². The van der Waals surface area contributed by atoms with Crippen LogP contribution < -0.4 is 33.2 Å². The van der Waals surface area contributed by atoms with Gasteiger partial charge in [-0.2, -0.15) is 0 Å². The number of aliphatic hydroxyl groups excluding tert-OH is 1. The number of aliphatic imine (C=N–C) groups is 1. The number of carbonyl (C=O) groups excluding carboxylic acids is 3. The van der Waals surface area contributed by atoms with E-state index in [1.807, 2.05) is 13.8 Å². The zero-order valence-corrected chi connectivity index (χ0v) is 22.5. The molecule has 0 aromatic heterocycles. The lowest BCUT2D eigenvalue weighted by molar-refractivity contribution is -0.142. The van der Waals surface area contributed by atoms with Crippen molar-refractivity contribution in [3.63, 3.8) is 0 Å². The lowest BCUT2D eigenvalue weighted by Crippen LogP contribution is -2.60. The van der Waals surface area contributed by atoms with E-state index in [1.54, 1.807) is 0 Å². The molecule has 5 atom stereocenters. The number of phenols is 1. The number of aliphatic hydroxyl groups is 1. The summed E-state index contributed by atoms with van der Waals surface area (Å²) in [6.45, 7) is 5.18. The van der Waals surface area contributed by atoms with Crippen molar-refractivity contribution in [2.24, 2.45) is 28.1 Å². The minimum atomic E-state index is -1.42. The Balaban J connectivity index is 2.91. The van der Waals surface area contributed by atoms with Gasteiger partial charge in [-0.05, 0) is 49.8 Å². The van der Waals surface area contributed by atoms with E-state index in [2.05, 4.69) is 20.9 Å². The molecule has 1 rings (SSSR count). The van der Waals surface area contributed by atoms with Crippen LogP contribution in [0, 0.1) is 5.92 Å². The van der Waals surface area contributed by atoms with Crippen LogP contribution in [0.4, 0.5) is 0 Å². The molecule has 1 aromatic carbocycles. The van der Waals surface area contributed by atoms with Crippen molar-refractivity contribution in [2.75, 3.05) is 6.54 Å². The van der Waals surface area contributed by atoms with Gasteiger partial charge >= 0.3 is 5.97 Å². The smallest absolute Gasteiger partial charge is 0.326 e. The van der Waals surface area contributed by atoms with E-state index < -0.39 is 54.0 Å². The number of carboxylic acids is 1. The fraction of sp³-hybridized carbons (Fsp3) is 0.560. The number of carbonyl (C=O) groups is 4. The second-order valence-corrected chi connectivity index (χ2v) is 9.74. The van der Waals surface area contributed by atoms with Crippen molar-refractivity contribution in [3.05, 3.63) is 29.8 Å². The molecular weight excluding hydrogens is 510 g/mol. The number of benzene rings is 1. The summed E-state index contributed by atoms with van der Waals surface area (Å²) in [6.07, 6.45) is -0.603. The summed E-state index contributed by atoms with van der Waals surface area (Å²) in [4.78, 5) is 54.2. The summed E-state index contributed by atoms with van der Waals surface area (Å²) >= 11 is 0. The number of guanidine groups is 1. The van der Waals surface area contributed by atoms with Crippen molar-refractivity contribution >= 4 is 29.7 Å². The molecule has 0 spiro atoms. The molecule has 0 radical (unpaired) electrons. The average Bonchev–Trinajstić information content (AvgIpc) is 2.84. The number of hydrogen-bond donors (Lipinski definition) is 9. The molecule has 0 heterocycles. The minimum absolute atomic E-state index is 0.0148. The fourth-order valence-corrected chi connectivity index (χ4v) is 3.62. The molecule has 39 heavy (non-hydrogen) atoms. The van der Waals surface area contributed by atoms with Gasteiger partial charge in [-0.3, -0.25) is 19.4 Å². The van der Waals surface area contributed by atoms with E-state index in [4.69, 9.17) is 17.2 Å². The van der Waals surface area contributed by atoms with E-state index in [9.17, 15) is 34.5 Å². The monoisotopic (exact) mass is 551 g/mol. The summed E-state index contributed by atoms with van der Waals surface area (Å²) in [5.74, 6) is -3.69. The van der Waals surface area contributed by atoms with Crippen molar-refractivity contribution in [2.45, 2.75) is 76.7 Å². The first-order valence-electron chi connectivity index (χ1n) is 12.6. The first kappa shape index (κ1) is 33.1. The zero-order chi connectivity index (χ0) is 29.7. The van der Waals surface area contributed by atoms with Crippen LogP contribution in [0.1, 0.15) is 45.6 Å². The number of nitrogens with two attached hydrogens (primary N) is 3. The second-order valence-electron chi connectivity index (χ2n) is 9.74. The Bertz CT molecular complexity index is 995. The van der Waals surface area contributed by atoms with Crippen molar-refractivity contribution < 1.29 is 34.5 Å². The van der Waals surface area contributed by atoms with Gasteiger partial charge in [0.2, 0.25) is 17.7 Å². The molecule has 0 bridgehead atoms. The van der Waals surface area contributed by atoms with Gasteiger partial charge in [0.15, 0.2) is 5.96 Å². The van der Waals surface area contributed by atoms with Crippen LogP contribution in [0.5, 0.6) is 5.75 Å². The fourth-order valence-electron chi connectivity index (χ4n) is 3.62. The van der Waals surface area contributed by atoms with Crippen LogP contribution in [0.3, 0.4) is 0 Å². The summed E-state index contributed by atoms with van der Waals surface area (Å²) in [6, 6.07) is 0.994. The van der Waals surface area contributed by atoms with Crippen molar-refractivity contribution in [3.8, 4) is 5.75 Å². The number of nitrogens with one attached hydrogen (secondary N) is 3. The predicted molar refractivity (Wildman–Crippen MR) is 144 cm³/mol. The van der Waals surface area contributed by atoms with Crippen LogP contribution in [-0.4, -0.2) is 81.8 Å². The molecular formula is C25H41N7O7. The highest BCUT2D eigenvalue weighted by Gasteiger charge is 2.32. The van der Waals surface area contributed by atoms with Gasteiger partial charge in [0.1, 0.15) is 23.9 Å². The molecule has 0 aliphatic carbocycles. The highest BCUT2D eigenvalue weighted by molar-refractivity contribution is 5.94. The van der Waals surface area contributed by atoms with Crippen LogP contribution in [-0.2, 0) is 25.6 Å². The summed E-state index contributed by atoms with van der Waals surface area (Å²) < 4.78 is 0. The number of carboxylic acid groups (broad SMARTS) is 1. The average molecular weight is 552 g/mol. The Morgan fingerprint density at radius 3 is 2.03 bits per heavy atom. The molecule has 14 heteroatoms. The number of amides is 3. The number of aromatic hydroxyl groups is 1. The first-order chi connectivity index (χ1) is 18.2. The van der Waals surface area contributed by atoms with E-state index in [-0.39, 0.29) is 43.4 Å². The highest BCUT2D eigenvalue weighted by Crippen LogP contribution is 2.12. The van der Waals surface area contributed by atoms with Gasteiger partial charge in [0, 0.05) is 13.0 Å². The Morgan fingerprint density at radius 1 is 0.923 bits per heavy atom. The Morgan fingerprint density at radius 2 is 1.51 bits per heavy atom. The maximum absolute atomic E-state index is 13.1. The van der Waals surface area contributed by atoms with Gasteiger partial charge in [0.25, 0.3) is 0 Å². The van der Waals surface area contributed by atoms with Crippen LogP contribution >= 0.6 is 0 Å². The lowest BCUT2D eigenvalue weighted by atomic mass is 10.0. The first-order valence-corrected chi connectivity index (χ1v) is 12.6. The molecule has 5 unspecified atom stereocenters. The maximum atomic E-state index is 13.1. The van der Waals surface area contributed by atoms with Gasteiger partial charge in [0.05, 0.1) is 12.1 Å². The molecule has 218 valence electrons. The number of rotatable bonds is 16. The third-order valence-corrected chi connectivity index (χ3v) is 5.70. The summed E-state index contributed by atoms with van der Waals surface area (Å²) in [7, 11) is 0. The SMILES string of the molecule is CC(C)CC(NC(=O)C(NC(=O)C(N)CCCN=C(N)N)C(C)O)C(=O)NC(Cc1ccc(O)cc1)C(=O)O. The van der Waals surface area contributed by atoms with E-state index in [0.29, 0.717) is 12.0 Å². The van der Waals surface area contributed by atoms with Gasteiger partial charge in [-0.15, -0.1) is 0 Å². The van der Waals surface area contributed by atoms with Crippen LogP contribution in [0.25, 0.3) is 0 Å². The number of phenolic OH excluding ortho intramolecular Hbond substituents is 1. The second kappa shape index (κ2) is 16.1. The van der Waals surface area contributed by atoms with Crippen LogP contribution in [0.2, 0.25) is 0 Å². The Hall–Kier alpha value is -3.91. The predicted octanol–water partition coefficient (Wildman–Crippen LogP) is -1.72. The topological polar surface area (TPSA) is 255 Å². The quantitative estimate of drug-likeness (QED) is 0.0638. The molecule has 0 saturated carbocycles. The molecule has 0 aliphatic heterocycles. The van der Waals surface area contributed by atoms with Crippen LogP contribution in [0.15, 0.2) is 29.3 Å². The molecule has 0 saturated heterocycles. The Kier molecular flexibility index (Phi) is 13.7. The van der Waals surface area contributed by atoms with E-state index >= 15 is 0 Å². The molecule has 3 amide bonds. The standard InChI is InChI=1S/C25H41N7O7/c1-13(2)11-18(22(36)31-19(24(38)39)12-15-6-8-16(34)9-7-15)30-23(37)20(14(3)33)32-21(35)17(26)5-4-10-29-25(27)28/h6-9,13-14,17-20,33-34H,4-5,10-12,26H2,1-3H3,(H,30,37)(H,31,36)(H,32,35)(H,38,39)(H4,27,28,29).